The van der Waals surface area contributed by atoms with Crippen LogP contribution in [0, 0.1) is 5.92 Å². The lowest BCUT2D eigenvalue weighted by Crippen LogP contribution is -2.38. The second-order valence-electron chi connectivity index (χ2n) is 5.35. The van der Waals surface area contributed by atoms with Gasteiger partial charge in [0.2, 0.25) is 5.91 Å². The Morgan fingerprint density at radius 3 is 2.55 bits per heavy atom. The van der Waals surface area contributed by atoms with Crippen molar-refractivity contribution in [1.29, 1.82) is 0 Å². The molecule has 0 radical (unpaired) electrons. The third kappa shape index (κ3) is 3.83. The summed E-state index contributed by atoms with van der Waals surface area (Å²) < 4.78 is 0. The summed E-state index contributed by atoms with van der Waals surface area (Å²) in [6.45, 7) is 4.17. The molecule has 0 aliphatic carbocycles. The van der Waals surface area contributed by atoms with E-state index in [0.717, 1.165) is 10.9 Å². The number of alkyl halides is 1. The molecule has 0 saturated heterocycles. The van der Waals surface area contributed by atoms with Gasteiger partial charge in [-0.3, -0.25) is 4.79 Å². The molecule has 0 aliphatic rings. The van der Waals surface area contributed by atoms with Crippen LogP contribution in [-0.2, 0) is 11.2 Å². The van der Waals surface area contributed by atoms with Crippen molar-refractivity contribution in [2.45, 2.75) is 26.3 Å². The van der Waals surface area contributed by atoms with Crippen molar-refractivity contribution >= 4 is 32.6 Å². The Morgan fingerprint density at radius 2 is 1.85 bits per heavy atom. The molecule has 2 aromatic carbocycles. The van der Waals surface area contributed by atoms with Crippen molar-refractivity contribution in [3.8, 4) is 0 Å². The van der Waals surface area contributed by atoms with Gasteiger partial charge in [-0.1, -0.05) is 65.3 Å². The van der Waals surface area contributed by atoms with Crippen LogP contribution in [-0.4, -0.2) is 17.3 Å². The van der Waals surface area contributed by atoms with Gasteiger partial charge in [0.15, 0.2) is 0 Å². The Kier molecular flexibility index (Phi) is 5.18. The van der Waals surface area contributed by atoms with Crippen molar-refractivity contribution < 1.29 is 4.79 Å². The van der Waals surface area contributed by atoms with Gasteiger partial charge in [0.05, 0.1) is 6.42 Å². The van der Waals surface area contributed by atoms with Crippen LogP contribution in [0.3, 0.4) is 0 Å². The van der Waals surface area contributed by atoms with E-state index in [4.69, 9.17) is 0 Å². The molecule has 0 heterocycles. The molecule has 2 atom stereocenters. The molecule has 1 N–H and O–H groups in total. The summed E-state index contributed by atoms with van der Waals surface area (Å²) >= 11 is 3.45. The van der Waals surface area contributed by atoms with E-state index in [1.807, 2.05) is 25.1 Å². The average molecular weight is 334 g/mol. The molecular formula is C17H20BrNO. The van der Waals surface area contributed by atoms with Gasteiger partial charge in [-0.15, -0.1) is 0 Å². The Morgan fingerprint density at radius 1 is 1.15 bits per heavy atom. The molecule has 20 heavy (non-hydrogen) atoms. The maximum absolute atomic E-state index is 12.1. The fourth-order valence-electron chi connectivity index (χ4n) is 2.11. The van der Waals surface area contributed by atoms with Crippen LogP contribution in [0.4, 0.5) is 0 Å². The lowest BCUT2D eigenvalue weighted by atomic mass is 10.0. The maximum atomic E-state index is 12.1. The normalized spacial score (nSPS) is 13.9. The van der Waals surface area contributed by atoms with Crippen molar-refractivity contribution in [1.82, 2.24) is 5.32 Å². The van der Waals surface area contributed by atoms with Crippen molar-refractivity contribution in [3.05, 3.63) is 48.0 Å². The van der Waals surface area contributed by atoms with Crippen LogP contribution in [0.25, 0.3) is 10.8 Å². The largest absolute Gasteiger partial charge is 0.353 e. The third-order valence-corrected chi connectivity index (χ3v) is 4.69. The van der Waals surface area contributed by atoms with Crippen LogP contribution in [0.2, 0.25) is 0 Å². The molecule has 2 nitrogen and oxygen atoms in total. The minimum atomic E-state index is 0.0839. The fourth-order valence-corrected chi connectivity index (χ4v) is 2.68. The molecule has 0 saturated carbocycles. The second-order valence-corrected chi connectivity index (χ2v) is 5.99. The van der Waals surface area contributed by atoms with Crippen LogP contribution in [0.15, 0.2) is 42.5 Å². The Balaban J connectivity index is 2.02. The first-order valence-electron chi connectivity index (χ1n) is 6.93. The molecule has 2 unspecified atom stereocenters. The molecule has 0 fully saturated rings. The highest BCUT2D eigenvalue weighted by Gasteiger charge is 2.13. The molecule has 3 heteroatoms. The van der Waals surface area contributed by atoms with Crippen LogP contribution < -0.4 is 5.32 Å². The SMILES string of the molecule is CC(CBr)C(C)NC(=O)Cc1ccc2ccccc2c1. The van der Waals surface area contributed by atoms with Crippen molar-refractivity contribution in [3.63, 3.8) is 0 Å². The summed E-state index contributed by atoms with van der Waals surface area (Å²) in [5, 5.41) is 6.34. The standard InChI is InChI=1S/C17H20BrNO/c1-12(11-18)13(2)19-17(20)10-14-7-8-15-5-3-4-6-16(15)9-14/h3-9,12-13H,10-11H2,1-2H3,(H,19,20). The van der Waals surface area contributed by atoms with Gasteiger partial charge < -0.3 is 5.32 Å². The highest BCUT2D eigenvalue weighted by atomic mass is 79.9. The lowest BCUT2D eigenvalue weighted by Gasteiger charge is -2.19. The van der Waals surface area contributed by atoms with Crippen LogP contribution in [0.1, 0.15) is 19.4 Å². The van der Waals surface area contributed by atoms with Gasteiger partial charge in [-0.2, -0.15) is 0 Å². The Bertz CT molecular complexity index is 596. The monoisotopic (exact) mass is 333 g/mol. The van der Waals surface area contributed by atoms with Gasteiger partial charge >= 0.3 is 0 Å². The van der Waals surface area contributed by atoms with Crippen LogP contribution in [0.5, 0.6) is 0 Å². The number of hydrogen-bond acceptors (Lipinski definition) is 1. The second kappa shape index (κ2) is 6.89. The van der Waals surface area contributed by atoms with Crippen molar-refractivity contribution in [2.24, 2.45) is 5.92 Å². The first kappa shape index (κ1) is 15.0. The zero-order valence-corrected chi connectivity index (χ0v) is 13.5. The zero-order chi connectivity index (χ0) is 14.5. The third-order valence-electron chi connectivity index (χ3n) is 3.66. The predicted molar refractivity (Wildman–Crippen MR) is 88.2 cm³/mol. The van der Waals surface area contributed by atoms with Gasteiger partial charge in [0, 0.05) is 11.4 Å². The zero-order valence-electron chi connectivity index (χ0n) is 11.9. The van der Waals surface area contributed by atoms with E-state index in [1.165, 1.54) is 10.8 Å². The molecule has 0 aromatic heterocycles. The van der Waals surface area contributed by atoms with Gasteiger partial charge in [-0.25, -0.2) is 0 Å². The molecule has 0 bridgehead atoms. The number of benzene rings is 2. The van der Waals surface area contributed by atoms with E-state index in [1.54, 1.807) is 0 Å². The summed E-state index contributed by atoms with van der Waals surface area (Å²) in [5.74, 6) is 0.510. The first-order valence-corrected chi connectivity index (χ1v) is 8.05. The quantitative estimate of drug-likeness (QED) is 0.825. The predicted octanol–water partition coefficient (Wildman–Crippen LogP) is 3.92. The smallest absolute Gasteiger partial charge is 0.224 e. The highest BCUT2D eigenvalue weighted by Crippen LogP contribution is 2.16. The topological polar surface area (TPSA) is 29.1 Å². The van der Waals surface area contributed by atoms with E-state index >= 15 is 0 Å². The Labute approximate surface area is 128 Å². The molecule has 0 spiro atoms. The average Bonchev–Trinajstić information content (AvgIpc) is 2.46. The summed E-state index contributed by atoms with van der Waals surface area (Å²) in [5.41, 5.74) is 1.06. The lowest BCUT2D eigenvalue weighted by molar-refractivity contribution is -0.121. The van der Waals surface area contributed by atoms with E-state index in [-0.39, 0.29) is 11.9 Å². The number of carbonyl (C=O) groups is 1. The van der Waals surface area contributed by atoms with E-state index in [2.05, 4.69) is 52.4 Å². The minimum absolute atomic E-state index is 0.0839. The number of hydrogen-bond donors (Lipinski definition) is 1. The molecule has 2 aromatic rings. The van der Waals surface area contributed by atoms with Crippen molar-refractivity contribution in [2.75, 3.05) is 5.33 Å². The number of halogens is 1. The number of fused-ring (bicyclic) bond motifs is 1. The number of carbonyl (C=O) groups excluding carboxylic acids is 1. The molecule has 0 aliphatic heterocycles. The van der Waals surface area contributed by atoms with Gasteiger partial charge in [-0.05, 0) is 29.2 Å². The molecular weight excluding hydrogens is 314 g/mol. The maximum Gasteiger partial charge on any atom is 0.224 e. The summed E-state index contributed by atoms with van der Waals surface area (Å²) in [4.78, 5) is 12.1. The van der Waals surface area contributed by atoms with Gasteiger partial charge in [0.1, 0.15) is 0 Å². The number of nitrogens with one attached hydrogen (secondary N) is 1. The van der Waals surface area contributed by atoms with E-state index < -0.39 is 0 Å². The Hall–Kier alpha value is -1.35. The van der Waals surface area contributed by atoms with Gasteiger partial charge in [0.25, 0.3) is 0 Å². The van der Waals surface area contributed by atoms with Crippen LogP contribution >= 0.6 is 15.9 Å². The summed E-state index contributed by atoms with van der Waals surface area (Å²) in [7, 11) is 0. The first-order chi connectivity index (χ1) is 9.60. The van der Waals surface area contributed by atoms with E-state index in [0.29, 0.717) is 12.3 Å². The summed E-state index contributed by atoms with van der Waals surface area (Å²) in [6, 6.07) is 14.6. The fraction of sp³-hybridized carbons (Fsp3) is 0.353. The summed E-state index contributed by atoms with van der Waals surface area (Å²) in [6.07, 6.45) is 0.435. The highest BCUT2D eigenvalue weighted by molar-refractivity contribution is 9.09. The van der Waals surface area contributed by atoms with E-state index in [9.17, 15) is 4.79 Å². The molecule has 106 valence electrons. The molecule has 2 rings (SSSR count). The molecule has 1 amide bonds. The number of amides is 1. The number of rotatable bonds is 5. The minimum Gasteiger partial charge on any atom is -0.353 e.